The number of nitrogens with one attached hydrogen (secondary N) is 2. The third kappa shape index (κ3) is 4.60. The van der Waals surface area contributed by atoms with Gasteiger partial charge in [0.1, 0.15) is 5.65 Å². The van der Waals surface area contributed by atoms with Gasteiger partial charge in [0.05, 0.1) is 6.54 Å². The highest BCUT2D eigenvalue weighted by Crippen LogP contribution is 2.32. The van der Waals surface area contributed by atoms with Crippen molar-refractivity contribution in [1.82, 2.24) is 20.2 Å². The fraction of sp³-hybridized carbons (Fsp3) is 0.391. The van der Waals surface area contributed by atoms with Crippen LogP contribution in [0.3, 0.4) is 0 Å². The lowest BCUT2D eigenvalue weighted by atomic mass is 9.89. The number of aromatic nitrogens is 2. The van der Waals surface area contributed by atoms with Crippen molar-refractivity contribution < 1.29 is 4.79 Å². The Labute approximate surface area is 166 Å². The molecular formula is C23H28N4O. The van der Waals surface area contributed by atoms with Gasteiger partial charge in [0, 0.05) is 24.3 Å². The molecular weight excluding hydrogens is 348 g/mol. The van der Waals surface area contributed by atoms with Crippen LogP contribution < -0.4 is 5.32 Å². The summed E-state index contributed by atoms with van der Waals surface area (Å²) in [5, 5.41) is 4.30. The minimum Gasteiger partial charge on any atom is -0.355 e. The summed E-state index contributed by atoms with van der Waals surface area (Å²) in [6.45, 7) is 3.18. The molecule has 0 spiro atoms. The van der Waals surface area contributed by atoms with E-state index < -0.39 is 0 Å². The SMILES string of the molecule is O=C(CN1CCC(c2c[nH]c3ncccc23)CC1)NCCCc1ccccc1. The number of carbonyl (C=O) groups is 1. The normalized spacial score (nSPS) is 15.7. The Morgan fingerprint density at radius 2 is 1.96 bits per heavy atom. The maximum Gasteiger partial charge on any atom is 0.234 e. The molecule has 146 valence electrons. The van der Waals surface area contributed by atoms with Gasteiger partial charge in [-0.3, -0.25) is 9.69 Å². The van der Waals surface area contributed by atoms with E-state index >= 15 is 0 Å². The molecule has 28 heavy (non-hydrogen) atoms. The summed E-state index contributed by atoms with van der Waals surface area (Å²) < 4.78 is 0. The number of hydrogen-bond acceptors (Lipinski definition) is 3. The fourth-order valence-electron chi connectivity index (χ4n) is 4.14. The van der Waals surface area contributed by atoms with Gasteiger partial charge in [0.15, 0.2) is 0 Å². The largest absolute Gasteiger partial charge is 0.355 e. The Morgan fingerprint density at radius 3 is 2.79 bits per heavy atom. The molecule has 3 heterocycles. The van der Waals surface area contributed by atoms with E-state index in [0.717, 1.165) is 51.0 Å². The van der Waals surface area contributed by atoms with Crippen LogP contribution >= 0.6 is 0 Å². The second-order valence-electron chi connectivity index (χ2n) is 7.63. The van der Waals surface area contributed by atoms with Crippen molar-refractivity contribution in [2.75, 3.05) is 26.2 Å². The second kappa shape index (κ2) is 9.02. The highest BCUT2D eigenvalue weighted by molar-refractivity contribution is 5.80. The van der Waals surface area contributed by atoms with Gasteiger partial charge in [0.25, 0.3) is 0 Å². The van der Waals surface area contributed by atoms with Crippen molar-refractivity contribution in [2.24, 2.45) is 0 Å². The van der Waals surface area contributed by atoms with E-state index in [4.69, 9.17) is 0 Å². The topological polar surface area (TPSA) is 61.0 Å². The molecule has 0 unspecified atom stereocenters. The molecule has 0 saturated carbocycles. The van der Waals surface area contributed by atoms with Crippen LogP contribution in [0.2, 0.25) is 0 Å². The zero-order valence-corrected chi connectivity index (χ0v) is 16.2. The number of benzene rings is 1. The molecule has 0 aliphatic carbocycles. The molecule has 1 saturated heterocycles. The molecule has 5 nitrogen and oxygen atoms in total. The van der Waals surface area contributed by atoms with Crippen LogP contribution in [0.25, 0.3) is 11.0 Å². The van der Waals surface area contributed by atoms with E-state index in [1.54, 1.807) is 0 Å². The molecule has 2 N–H and O–H groups in total. The first-order valence-corrected chi connectivity index (χ1v) is 10.2. The molecule has 0 atom stereocenters. The van der Waals surface area contributed by atoms with Crippen LogP contribution in [0.1, 0.15) is 36.3 Å². The molecule has 1 amide bonds. The average Bonchev–Trinajstić information content (AvgIpc) is 3.17. The summed E-state index contributed by atoms with van der Waals surface area (Å²) in [6.07, 6.45) is 8.09. The maximum atomic E-state index is 12.2. The Morgan fingerprint density at radius 1 is 1.14 bits per heavy atom. The smallest absolute Gasteiger partial charge is 0.234 e. The number of likely N-dealkylation sites (tertiary alicyclic amines) is 1. The molecule has 3 aromatic rings. The monoisotopic (exact) mass is 376 g/mol. The molecule has 2 aromatic heterocycles. The lowest BCUT2D eigenvalue weighted by Gasteiger charge is -2.31. The van der Waals surface area contributed by atoms with E-state index in [2.05, 4.69) is 56.7 Å². The van der Waals surface area contributed by atoms with Gasteiger partial charge in [-0.25, -0.2) is 4.98 Å². The van der Waals surface area contributed by atoms with Crippen LogP contribution in [0.5, 0.6) is 0 Å². The Hall–Kier alpha value is -2.66. The minimum absolute atomic E-state index is 0.141. The number of pyridine rings is 1. The molecule has 0 radical (unpaired) electrons. The number of amides is 1. The second-order valence-corrected chi connectivity index (χ2v) is 7.63. The van der Waals surface area contributed by atoms with Crippen LogP contribution in [0.4, 0.5) is 0 Å². The van der Waals surface area contributed by atoms with Crippen molar-refractivity contribution in [1.29, 1.82) is 0 Å². The Balaban J connectivity index is 1.18. The number of carbonyl (C=O) groups excluding carboxylic acids is 1. The fourth-order valence-corrected chi connectivity index (χ4v) is 4.14. The van der Waals surface area contributed by atoms with Crippen LogP contribution in [-0.2, 0) is 11.2 Å². The van der Waals surface area contributed by atoms with Gasteiger partial charge in [-0.1, -0.05) is 30.3 Å². The number of nitrogens with zero attached hydrogens (tertiary/aromatic N) is 2. The number of aromatic amines is 1. The first-order chi connectivity index (χ1) is 13.8. The summed E-state index contributed by atoms with van der Waals surface area (Å²) in [6, 6.07) is 14.6. The molecule has 5 heteroatoms. The van der Waals surface area contributed by atoms with Gasteiger partial charge >= 0.3 is 0 Å². The van der Waals surface area contributed by atoms with E-state index in [0.29, 0.717) is 12.5 Å². The van der Waals surface area contributed by atoms with E-state index in [-0.39, 0.29) is 5.91 Å². The summed E-state index contributed by atoms with van der Waals surface area (Å²) >= 11 is 0. The summed E-state index contributed by atoms with van der Waals surface area (Å²) in [5.74, 6) is 0.686. The van der Waals surface area contributed by atoms with E-state index in [9.17, 15) is 4.79 Å². The van der Waals surface area contributed by atoms with Crippen LogP contribution in [0.15, 0.2) is 54.9 Å². The van der Waals surface area contributed by atoms with Crippen molar-refractivity contribution in [3.63, 3.8) is 0 Å². The van der Waals surface area contributed by atoms with Crippen molar-refractivity contribution >= 4 is 16.9 Å². The van der Waals surface area contributed by atoms with Crippen LogP contribution in [0, 0.1) is 0 Å². The number of H-pyrrole nitrogens is 1. The number of hydrogen-bond donors (Lipinski definition) is 2. The van der Waals surface area contributed by atoms with Gasteiger partial charge < -0.3 is 10.3 Å². The van der Waals surface area contributed by atoms with Gasteiger partial charge in [-0.15, -0.1) is 0 Å². The van der Waals surface area contributed by atoms with E-state index in [1.807, 2.05) is 18.3 Å². The highest BCUT2D eigenvalue weighted by Gasteiger charge is 2.23. The summed E-state index contributed by atoms with van der Waals surface area (Å²) in [7, 11) is 0. The van der Waals surface area contributed by atoms with Crippen molar-refractivity contribution in [2.45, 2.75) is 31.6 Å². The van der Waals surface area contributed by atoms with E-state index in [1.165, 1.54) is 16.5 Å². The first kappa shape index (κ1) is 18.7. The molecule has 1 fully saturated rings. The molecule has 1 aromatic carbocycles. The zero-order valence-electron chi connectivity index (χ0n) is 16.2. The highest BCUT2D eigenvalue weighted by atomic mass is 16.2. The maximum absolute atomic E-state index is 12.2. The predicted molar refractivity (Wildman–Crippen MR) is 112 cm³/mol. The van der Waals surface area contributed by atoms with Gasteiger partial charge in [-0.2, -0.15) is 0 Å². The van der Waals surface area contributed by atoms with Crippen molar-refractivity contribution in [3.05, 3.63) is 66.0 Å². The van der Waals surface area contributed by atoms with Crippen LogP contribution in [-0.4, -0.2) is 47.0 Å². The average molecular weight is 377 g/mol. The van der Waals surface area contributed by atoms with Gasteiger partial charge in [0.2, 0.25) is 5.91 Å². The third-order valence-electron chi connectivity index (χ3n) is 5.68. The molecule has 0 bridgehead atoms. The summed E-state index contributed by atoms with van der Waals surface area (Å²) in [5.41, 5.74) is 3.66. The Bertz CT molecular complexity index is 897. The number of aryl methyl sites for hydroxylation is 1. The number of piperidine rings is 1. The lowest BCUT2D eigenvalue weighted by molar-refractivity contribution is -0.122. The first-order valence-electron chi connectivity index (χ1n) is 10.2. The lowest BCUT2D eigenvalue weighted by Crippen LogP contribution is -2.41. The standard InChI is InChI=1S/C23H28N4O/c28-22(24-12-4-8-18-6-2-1-3-7-18)17-27-14-10-19(11-15-27)21-16-26-23-20(21)9-5-13-25-23/h1-3,5-7,9,13,16,19H,4,8,10-12,14-15,17H2,(H,24,28)(H,25,26). The molecule has 1 aliphatic rings. The van der Waals surface area contributed by atoms with Gasteiger partial charge in [-0.05, 0) is 68.0 Å². The zero-order chi connectivity index (χ0) is 19.2. The minimum atomic E-state index is 0.141. The number of fused-ring (bicyclic) bond motifs is 1. The molecule has 1 aliphatic heterocycles. The summed E-state index contributed by atoms with van der Waals surface area (Å²) in [4.78, 5) is 22.2. The quantitative estimate of drug-likeness (QED) is 0.621. The molecule has 4 rings (SSSR count). The van der Waals surface area contributed by atoms with Crippen molar-refractivity contribution in [3.8, 4) is 0 Å². The number of rotatable bonds is 7. The third-order valence-corrected chi connectivity index (χ3v) is 5.68. The Kier molecular flexibility index (Phi) is 6.02. The predicted octanol–water partition coefficient (Wildman–Crippen LogP) is 3.49.